The summed E-state index contributed by atoms with van der Waals surface area (Å²) in [6, 6.07) is 8.93. The van der Waals surface area contributed by atoms with Gasteiger partial charge in [0.05, 0.1) is 43.2 Å². The van der Waals surface area contributed by atoms with Crippen LogP contribution < -0.4 is 14.8 Å². The monoisotopic (exact) mass is 407 g/mol. The maximum atomic E-state index is 12.2. The summed E-state index contributed by atoms with van der Waals surface area (Å²) in [6.07, 6.45) is 0. The number of ether oxygens (including phenoxy) is 4. The molecule has 0 aliphatic carbocycles. The van der Waals surface area contributed by atoms with Crippen molar-refractivity contribution in [3.05, 3.63) is 52.5 Å². The molecular formula is C19H18ClNO7. The normalized spacial score (nSPS) is 10.0. The van der Waals surface area contributed by atoms with Gasteiger partial charge in [-0.15, -0.1) is 0 Å². The van der Waals surface area contributed by atoms with E-state index in [-0.39, 0.29) is 11.1 Å². The molecule has 0 radical (unpaired) electrons. The largest absolute Gasteiger partial charge is 0.495 e. The molecule has 148 valence electrons. The number of methoxy groups -OCH3 is 3. The van der Waals surface area contributed by atoms with Crippen LogP contribution in [0.15, 0.2) is 36.4 Å². The highest BCUT2D eigenvalue weighted by Crippen LogP contribution is 2.35. The molecule has 2 rings (SSSR count). The van der Waals surface area contributed by atoms with E-state index >= 15 is 0 Å². The lowest BCUT2D eigenvalue weighted by Gasteiger charge is -2.13. The van der Waals surface area contributed by atoms with Gasteiger partial charge in [0.2, 0.25) is 0 Å². The molecule has 28 heavy (non-hydrogen) atoms. The van der Waals surface area contributed by atoms with Gasteiger partial charge in [-0.25, -0.2) is 9.59 Å². The molecule has 8 nitrogen and oxygen atoms in total. The van der Waals surface area contributed by atoms with Gasteiger partial charge in [-0.05, 0) is 12.1 Å². The fourth-order valence-corrected chi connectivity index (χ4v) is 2.53. The molecule has 1 amide bonds. The van der Waals surface area contributed by atoms with Crippen LogP contribution in [-0.2, 0) is 14.3 Å². The van der Waals surface area contributed by atoms with Crippen LogP contribution in [-0.4, -0.2) is 45.8 Å². The van der Waals surface area contributed by atoms with Gasteiger partial charge in [-0.2, -0.15) is 0 Å². The molecule has 9 heteroatoms. The molecule has 0 heterocycles. The molecular weight excluding hydrogens is 390 g/mol. The highest BCUT2D eigenvalue weighted by Gasteiger charge is 2.20. The van der Waals surface area contributed by atoms with Crippen molar-refractivity contribution in [2.75, 3.05) is 33.3 Å². The predicted octanol–water partition coefficient (Wildman–Crippen LogP) is 2.94. The zero-order chi connectivity index (χ0) is 20.7. The minimum Gasteiger partial charge on any atom is -0.495 e. The van der Waals surface area contributed by atoms with E-state index in [1.54, 1.807) is 12.1 Å². The van der Waals surface area contributed by atoms with Gasteiger partial charge in [-0.3, -0.25) is 4.79 Å². The minimum atomic E-state index is -0.836. The smallest absolute Gasteiger partial charge is 0.339 e. The number of hydrogen-bond donors (Lipinski definition) is 1. The molecule has 0 unspecified atom stereocenters. The van der Waals surface area contributed by atoms with Crippen LogP contribution >= 0.6 is 11.6 Å². The second-order valence-electron chi connectivity index (χ2n) is 5.35. The van der Waals surface area contributed by atoms with E-state index in [2.05, 4.69) is 10.1 Å². The lowest BCUT2D eigenvalue weighted by atomic mass is 10.1. The van der Waals surface area contributed by atoms with Gasteiger partial charge >= 0.3 is 11.9 Å². The van der Waals surface area contributed by atoms with Gasteiger partial charge in [0.15, 0.2) is 6.61 Å². The topological polar surface area (TPSA) is 100 Å². The summed E-state index contributed by atoms with van der Waals surface area (Å²) in [7, 11) is 4.04. The Morgan fingerprint density at radius 2 is 1.54 bits per heavy atom. The SMILES string of the molecule is COC(=O)c1ccccc1C(=O)OCC(=O)Nc1cc(OC)c(Cl)cc1OC. The molecule has 0 spiro atoms. The van der Waals surface area contributed by atoms with Crippen LogP contribution in [0.3, 0.4) is 0 Å². The van der Waals surface area contributed by atoms with Gasteiger partial charge in [0.1, 0.15) is 11.5 Å². The molecule has 0 saturated heterocycles. The molecule has 0 saturated carbocycles. The Hall–Kier alpha value is -3.26. The van der Waals surface area contributed by atoms with Crippen molar-refractivity contribution in [1.82, 2.24) is 0 Å². The third kappa shape index (κ3) is 4.92. The third-order valence-electron chi connectivity index (χ3n) is 3.63. The lowest BCUT2D eigenvalue weighted by Crippen LogP contribution is -2.22. The van der Waals surface area contributed by atoms with Crippen molar-refractivity contribution < 1.29 is 33.3 Å². The van der Waals surface area contributed by atoms with Crippen molar-refractivity contribution >= 4 is 35.1 Å². The predicted molar refractivity (Wildman–Crippen MR) is 101 cm³/mol. The Morgan fingerprint density at radius 3 is 2.11 bits per heavy atom. The molecule has 0 fully saturated rings. The average Bonchev–Trinajstić information content (AvgIpc) is 2.72. The summed E-state index contributed by atoms with van der Waals surface area (Å²) in [5, 5.41) is 2.86. The third-order valence-corrected chi connectivity index (χ3v) is 3.93. The zero-order valence-electron chi connectivity index (χ0n) is 15.4. The number of amides is 1. The van der Waals surface area contributed by atoms with Crippen LogP contribution in [0.5, 0.6) is 11.5 Å². The van der Waals surface area contributed by atoms with Crippen molar-refractivity contribution in [2.24, 2.45) is 0 Å². The average molecular weight is 408 g/mol. The quantitative estimate of drug-likeness (QED) is 0.704. The summed E-state index contributed by atoms with van der Waals surface area (Å²) < 4.78 is 19.9. The van der Waals surface area contributed by atoms with Crippen LogP contribution in [0.25, 0.3) is 0 Å². The van der Waals surface area contributed by atoms with Crippen molar-refractivity contribution in [3.8, 4) is 11.5 Å². The molecule has 0 aliphatic heterocycles. The van der Waals surface area contributed by atoms with Crippen LogP contribution in [0.4, 0.5) is 5.69 Å². The molecule has 2 aromatic rings. The van der Waals surface area contributed by atoms with Crippen LogP contribution in [0.1, 0.15) is 20.7 Å². The highest BCUT2D eigenvalue weighted by molar-refractivity contribution is 6.32. The molecule has 1 N–H and O–H groups in total. The Labute approximate surface area is 166 Å². The van der Waals surface area contributed by atoms with E-state index in [4.69, 9.17) is 25.8 Å². The number of rotatable bonds is 7. The van der Waals surface area contributed by atoms with Gasteiger partial charge < -0.3 is 24.3 Å². The molecule has 0 bridgehead atoms. The first kappa shape index (κ1) is 21.0. The fraction of sp³-hybridized carbons (Fsp3) is 0.211. The van der Waals surface area contributed by atoms with E-state index in [0.717, 1.165) is 0 Å². The molecule has 2 aromatic carbocycles. The number of nitrogens with one attached hydrogen (secondary N) is 1. The van der Waals surface area contributed by atoms with Gasteiger partial charge in [-0.1, -0.05) is 23.7 Å². The Bertz CT molecular complexity index is 898. The molecule has 0 aliphatic rings. The number of anilines is 1. The Balaban J connectivity index is 2.08. The van der Waals surface area contributed by atoms with Crippen LogP contribution in [0, 0.1) is 0 Å². The van der Waals surface area contributed by atoms with E-state index in [0.29, 0.717) is 22.2 Å². The Kier molecular flexibility index (Phi) is 7.22. The fourth-order valence-electron chi connectivity index (χ4n) is 2.30. The molecule has 0 atom stereocenters. The van der Waals surface area contributed by atoms with E-state index < -0.39 is 24.5 Å². The Morgan fingerprint density at radius 1 is 0.929 bits per heavy atom. The first-order valence-electron chi connectivity index (χ1n) is 7.97. The number of benzene rings is 2. The number of halogens is 1. The maximum Gasteiger partial charge on any atom is 0.339 e. The summed E-state index contributed by atoms with van der Waals surface area (Å²) in [4.78, 5) is 36.1. The van der Waals surface area contributed by atoms with Crippen LogP contribution in [0.2, 0.25) is 5.02 Å². The lowest BCUT2D eigenvalue weighted by molar-refractivity contribution is -0.119. The van der Waals surface area contributed by atoms with Gasteiger partial charge in [0.25, 0.3) is 5.91 Å². The summed E-state index contributed by atoms with van der Waals surface area (Å²) >= 11 is 6.01. The zero-order valence-corrected chi connectivity index (χ0v) is 16.2. The number of hydrogen-bond acceptors (Lipinski definition) is 7. The van der Waals surface area contributed by atoms with Crippen molar-refractivity contribution in [1.29, 1.82) is 0 Å². The first-order valence-corrected chi connectivity index (χ1v) is 8.34. The standard InChI is InChI=1S/C19H18ClNO7/c1-25-15-9-14(16(26-2)8-13(15)20)21-17(22)10-28-19(24)12-7-5-4-6-11(12)18(23)27-3/h4-9H,10H2,1-3H3,(H,21,22). The van der Waals surface area contributed by atoms with E-state index in [1.807, 2.05) is 0 Å². The second kappa shape index (κ2) is 9.61. The number of carbonyl (C=O) groups is 3. The van der Waals surface area contributed by atoms with Crippen molar-refractivity contribution in [3.63, 3.8) is 0 Å². The van der Waals surface area contributed by atoms with Gasteiger partial charge in [0, 0.05) is 12.1 Å². The minimum absolute atomic E-state index is 0.00658. The number of esters is 2. The summed E-state index contributed by atoms with van der Waals surface area (Å²) in [6.45, 7) is -0.581. The summed E-state index contributed by atoms with van der Waals surface area (Å²) in [5.41, 5.74) is 0.326. The maximum absolute atomic E-state index is 12.2. The molecule has 0 aromatic heterocycles. The van der Waals surface area contributed by atoms with E-state index in [1.165, 1.54) is 45.6 Å². The van der Waals surface area contributed by atoms with Crippen molar-refractivity contribution in [2.45, 2.75) is 0 Å². The van der Waals surface area contributed by atoms with E-state index in [9.17, 15) is 14.4 Å². The number of carbonyl (C=O) groups excluding carboxylic acids is 3. The highest BCUT2D eigenvalue weighted by atomic mass is 35.5. The summed E-state index contributed by atoms with van der Waals surface area (Å²) in [5.74, 6) is -1.50. The second-order valence-corrected chi connectivity index (χ2v) is 5.76. The first-order chi connectivity index (χ1) is 13.4.